The van der Waals surface area contributed by atoms with Gasteiger partial charge in [-0.25, -0.2) is 4.98 Å². The van der Waals surface area contributed by atoms with Gasteiger partial charge in [0.2, 0.25) is 11.8 Å². The lowest BCUT2D eigenvalue weighted by molar-refractivity contribution is -0.139. The second-order valence-electron chi connectivity index (χ2n) is 14.0. The highest BCUT2D eigenvalue weighted by atomic mass is 35.5. The maximum Gasteiger partial charge on any atom is 0.417 e. The molecular formula is C40H31Cl2F3N4O5. The third-order valence-electron chi connectivity index (χ3n) is 11.4. The summed E-state index contributed by atoms with van der Waals surface area (Å²) in [6.07, 6.45) is -1.38. The monoisotopic (exact) mass is 774 g/mol. The van der Waals surface area contributed by atoms with Gasteiger partial charge in [-0.2, -0.15) is 18.2 Å². The standard InChI is InChI=1S/C40H31Cl2F3N4O5/c1-2-20-6-12-25(13-7-20)48-35(51)28-15-14-27-29(32(28)37(48)53)18-30-36(52)49(47-34-31(42)17-23(19-46-34)40(43,44)45)38(54)39(30,22-8-10-24(41)11-9-22)33(27)21-4-3-5-26(50)16-21/h3-14,16-17,19,28-30,32-33,50H,2,15,18H2,1H3,(H,46,47). The van der Waals surface area contributed by atoms with Crippen molar-refractivity contribution in [2.75, 3.05) is 10.3 Å². The molecule has 4 amide bonds. The van der Waals surface area contributed by atoms with E-state index in [1.165, 1.54) is 17.0 Å². The van der Waals surface area contributed by atoms with Crippen molar-refractivity contribution in [2.45, 2.75) is 43.7 Å². The summed E-state index contributed by atoms with van der Waals surface area (Å²) in [6, 6.07) is 20.6. The minimum absolute atomic E-state index is 0.0243. The summed E-state index contributed by atoms with van der Waals surface area (Å²) in [4.78, 5) is 63.5. The number of halogens is 5. The van der Waals surface area contributed by atoms with Gasteiger partial charge in [0.15, 0.2) is 5.82 Å². The molecule has 54 heavy (non-hydrogen) atoms. The number of amides is 4. The van der Waals surface area contributed by atoms with Gasteiger partial charge in [0, 0.05) is 17.1 Å². The van der Waals surface area contributed by atoms with Crippen LogP contribution in [0.4, 0.5) is 24.7 Å². The van der Waals surface area contributed by atoms with Crippen molar-refractivity contribution < 1.29 is 37.5 Å². The van der Waals surface area contributed by atoms with Gasteiger partial charge < -0.3 is 5.11 Å². The summed E-state index contributed by atoms with van der Waals surface area (Å²) < 4.78 is 40.4. The predicted molar refractivity (Wildman–Crippen MR) is 193 cm³/mol. The van der Waals surface area contributed by atoms with E-state index in [1.807, 2.05) is 25.1 Å². The normalized spacial score (nSPS) is 26.4. The molecule has 9 nitrogen and oxygen atoms in total. The Kier molecular flexibility index (Phi) is 8.61. The summed E-state index contributed by atoms with van der Waals surface area (Å²) in [5.41, 5.74) is 2.80. The molecule has 6 unspecified atom stereocenters. The van der Waals surface area contributed by atoms with Gasteiger partial charge in [0.25, 0.3) is 11.8 Å². The Balaban J connectivity index is 1.29. The van der Waals surface area contributed by atoms with E-state index in [0.29, 0.717) is 39.7 Å². The molecule has 276 valence electrons. The van der Waals surface area contributed by atoms with Crippen LogP contribution in [0.2, 0.25) is 10.0 Å². The number of nitrogens with one attached hydrogen (secondary N) is 1. The third kappa shape index (κ3) is 5.40. The molecule has 0 spiro atoms. The zero-order valence-corrected chi connectivity index (χ0v) is 30.0. The molecule has 1 saturated carbocycles. The van der Waals surface area contributed by atoms with E-state index in [1.54, 1.807) is 48.5 Å². The molecule has 8 rings (SSSR count). The molecule has 3 heterocycles. The highest BCUT2D eigenvalue weighted by molar-refractivity contribution is 6.33. The van der Waals surface area contributed by atoms with Gasteiger partial charge in [0.05, 0.1) is 39.4 Å². The molecule has 2 aliphatic carbocycles. The summed E-state index contributed by atoms with van der Waals surface area (Å²) in [7, 11) is 0. The first-order valence-electron chi connectivity index (χ1n) is 17.3. The maximum atomic E-state index is 15.2. The van der Waals surface area contributed by atoms with Crippen LogP contribution in [0.5, 0.6) is 5.75 Å². The summed E-state index contributed by atoms with van der Waals surface area (Å²) >= 11 is 12.6. The Bertz CT molecular complexity index is 2260. The molecule has 2 aliphatic heterocycles. The molecule has 2 saturated heterocycles. The average Bonchev–Trinajstić information content (AvgIpc) is 3.52. The summed E-state index contributed by atoms with van der Waals surface area (Å²) in [5.74, 6) is -7.08. The van der Waals surface area contributed by atoms with Crippen molar-refractivity contribution in [2.24, 2.45) is 23.7 Å². The van der Waals surface area contributed by atoms with Crippen molar-refractivity contribution in [3.05, 3.63) is 129 Å². The fraction of sp³-hybridized carbons (Fsp3) is 0.275. The van der Waals surface area contributed by atoms with Crippen molar-refractivity contribution in [1.29, 1.82) is 0 Å². The molecule has 6 atom stereocenters. The van der Waals surface area contributed by atoms with Crippen LogP contribution in [0.1, 0.15) is 47.9 Å². The Morgan fingerprint density at radius 1 is 0.926 bits per heavy atom. The number of fused-ring (bicyclic) bond motifs is 4. The van der Waals surface area contributed by atoms with Crippen LogP contribution < -0.4 is 10.3 Å². The zero-order chi connectivity index (χ0) is 38.3. The second-order valence-corrected chi connectivity index (χ2v) is 14.9. The van der Waals surface area contributed by atoms with E-state index in [-0.39, 0.29) is 30.3 Å². The fourth-order valence-electron chi connectivity index (χ4n) is 9.00. The van der Waals surface area contributed by atoms with Crippen molar-refractivity contribution in [3.8, 4) is 5.75 Å². The molecule has 3 aromatic carbocycles. The number of carbonyl (C=O) groups excluding carboxylic acids is 4. The van der Waals surface area contributed by atoms with E-state index < -0.39 is 69.5 Å². The van der Waals surface area contributed by atoms with E-state index >= 15 is 4.79 Å². The number of anilines is 2. The topological polar surface area (TPSA) is 120 Å². The number of aryl methyl sites for hydroxylation is 1. The van der Waals surface area contributed by atoms with Gasteiger partial charge >= 0.3 is 6.18 Å². The molecule has 1 aromatic heterocycles. The Hall–Kier alpha value is -5.20. The van der Waals surface area contributed by atoms with Crippen molar-refractivity contribution in [3.63, 3.8) is 0 Å². The first-order chi connectivity index (χ1) is 25.7. The van der Waals surface area contributed by atoms with Crippen LogP contribution in [-0.2, 0) is 37.2 Å². The van der Waals surface area contributed by atoms with Gasteiger partial charge in [-0.15, -0.1) is 0 Å². The number of pyridine rings is 1. The Morgan fingerprint density at radius 2 is 1.65 bits per heavy atom. The number of imide groups is 2. The van der Waals surface area contributed by atoms with Gasteiger partial charge in [-0.3, -0.25) is 29.5 Å². The second kappa shape index (κ2) is 13.0. The van der Waals surface area contributed by atoms with E-state index in [0.717, 1.165) is 17.0 Å². The zero-order valence-electron chi connectivity index (χ0n) is 28.5. The molecule has 14 heteroatoms. The fourth-order valence-corrected chi connectivity index (χ4v) is 9.33. The Labute approximate surface area is 317 Å². The number of hydrogen-bond donors (Lipinski definition) is 2. The van der Waals surface area contributed by atoms with Gasteiger partial charge in [-0.05, 0) is 84.3 Å². The number of carbonyl (C=O) groups is 4. The number of phenolic OH excluding ortho intramolecular Hbond substituents is 1. The number of aromatic nitrogens is 1. The van der Waals surface area contributed by atoms with E-state index in [9.17, 15) is 32.7 Å². The van der Waals surface area contributed by atoms with Crippen LogP contribution in [0.15, 0.2) is 96.7 Å². The number of nitrogens with zero attached hydrogens (tertiary/aromatic N) is 3. The number of alkyl halides is 3. The van der Waals surface area contributed by atoms with Crippen molar-refractivity contribution in [1.82, 2.24) is 9.99 Å². The first-order valence-corrected chi connectivity index (χ1v) is 18.1. The van der Waals surface area contributed by atoms with E-state index in [4.69, 9.17) is 23.2 Å². The molecule has 3 fully saturated rings. The van der Waals surface area contributed by atoms with Gasteiger partial charge in [-0.1, -0.05) is 78.2 Å². The molecular weight excluding hydrogens is 744 g/mol. The molecule has 0 bridgehead atoms. The molecule has 4 aromatic rings. The minimum atomic E-state index is -4.74. The smallest absolute Gasteiger partial charge is 0.417 e. The number of rotatable bonds is 6. The predicted octanol–water partition coefficient (Wildman–Crippen LogP) is 7.86. The van der Waals surface area contributed by atoms with Gasteiger partial charge in [0.1, 0.15) is 5.75 Å². The van der Waals surface area contributed by atoms with Crippen LogP contribution in [0.3, 0.4) is 0 Å². The number of phenols is 1. The Morgan fingerprint density at radius 3 is 2.30 bits per heavy atom. The number of hydrazine groups is 1. The summed E-state index contributed by atoms with van der Waals surface area (Å²) in [6.45, 7) is 2.00. The highest BCUT2D eigenvalue weighted by Gasteiger charge is 2.70. The molecule has 2 N–H and O–H groups in total. The largest absolute Gasteiger partial charge is 0.508 e. The molecule has 0 radical (unpaired) electrons. The lowest BCUT2D eigenvalue weighted by Crippen LogP contribution is -2.53. The highest BCUT2D eigenvalue weighted by Crippen LogP contribution is 2.64. The lowest BCUT2D eigenvalue weighted by atomic mass is 9.49. The maximum absolute atomic E-state index is 15.2. The lowest BCUT2D eigenvalue weighted by Gasteiger charge is -2.50. The van der Waals surface area contributed by atoms with Crippen LogP contribution in [-0.4, -0.2) is 38.7 Å². The van der Waals surface area contributed by atoms with E-state index in [2.05, 4.69) is 10.4 Å². The van der Waals surface area contributed by atoms with Crippen LogP contribution >= 0.6 is 23.2 Å². The quantitative estimate of drug-likeness (QED) is 0.151. The number of allylic oxidation sites excluding steroid dienone is 2. The first kappa shape index (κ1) is 35.8. The number of aromatic hydroxyl groups is 1. The van der Waals surface area contributed by atoms with Crippen molar-refractivity contribution >= 4 is 58.3 Å². The SMILES string of the molecule is CCc1ccc(N2C(=O)C3CC=C4C(CC5C(=O)N(Nc6ncc(C(F)(F)F)cc6Cl)C(=O)C5(c5ccc(Cl)cc5)C4c4cccc(O)c4)C3C2=O)cc1. The molecule has 4 aliphatic rings. The van der Waals surface area contributed by atoms with Crippen LogP contribution in [0.25, 0.3) is 0 Å². The minimum Gasteiger partial charge on any atom is -0.508 e. The van der Waals surface area contributed by atoms with Crippen LogP contribution in [0, 0.1) is 23.7 Å². The third-order valence-corrected chi connectivity index (χ3v) is 11.9. The summed E-state index contributed by atoms with van der Waals surface area (Å²) in [5, 5.41) is 11.4. The average molecular weight is 776 g/mol. The number of benzene rings is 3. The number of hydrogen-bond acceptors (Lipinski definition) is 7.